The van der Waals surface area contributed by atoms with E-state index in [1.54, 1.807) is 19.9 Å². The van der Waals surface area contributed by atoms with Crippen molar-refractivity contribution in [2.75, 3.05) is 12.3 Å². The monoisotopic (exact) mass is 361 g/mol. The molecule has 2 aromatic rings. The summed E-state index contributed by atoms with van der Waals surface area (Å²) in [5.41, 5.74) is 4.50. The number of fused-ring (bicyclic) bond motifs is 1. The first kappa shape index (κ1) is 18.1. The molecule has 3 rings (SSSR count). The predicted molar refractivity (Wildman–Crippen MR) is 87.4 cm³/mol. The van der Waals surface area contributed by atoms with Crippen molar-refractivity contribution >= 4 is 17.3 Å². The number of carbonyl (C=O) groups is 1. The SMILES string of the molecule is CC(C)C(=O)OC[C@H]1O[C@@](C#N)(c2ccc3c(N)ncnn23)[C@H](O)[C@@H]1O. The van der Waals surface area contributed by atoms with Gasteiger partial charge in [0.2, 0.25) is 5.60 Å². The number of aromatic nitrogens is 3. The third-order valence-corrected chi connectivity index (χ3v) is 4.35. The van der Waals surface area contributed by atoms with E-state index in [-0.39, 0.29) is 24.0 Å². The number of hydrogen-bond acceptors (Lipinski definition) is 9. The number of nitrogen functional groups attached to an aromatic ring is 1. The molecule has 1 saturated heterocycles. The van der Waals surface area contributed by atoms with Crippen molar-refractivity contribution in [1.29, 1.82) is 5.26 Å². The van der Waals surface area contributed by atoms with Crippen LogP contribution in [0.25, 0.3) is 5.52 Å². The van der Waals surface area contributed by atoms with E-state index in [9.17, 15) is 20.3 Å². The first-order chi connectivity index (χ1) is 12.3. The molecule has 1 aliphatic heterocycles. The lowest BCUT2D eigenvalue weighted by molar-refractivity contribution is -0.154. The highest BCUT2D eigenvalue weighted by atomic mass is 16.6. The summed E-state index contributed by atoms with van der Waals surface area (Å²) in [6.07, 6.45) is -2.88. The Morgan fingerprint density at radius 2 is 2.27 bits per heavy atom. The molecular weight excluding hydrogens is 342 g/mol. The van der Waals surface area contributed by atoms with Crippen molar-refractivity contribution in [3.05, 3.63) is 24.2 Å². The number of nitrogens with two attached hydrogens (primary N) is 1. The van der Waals surface area contributed by atoms with Gasteiger partial charge in [0.05, 0.1) is 11.6 Å². The molecule has 4 atom stereocenters. The molecule has 0 spiro atoms. The molecule has 10 heteroatoms. The van der Waals surface area contributed by atoms with Crippen molar-refractivity contribution < 1.29 is 24.5 Å². The molecule has 0 aromatic carbocycles. The highest BCUT2D eigenvalue weighted by Gasteiger charge is 2.57. The zero-order valence-electron chi connectivity index (χ0n) is 14.2. The lowest BCUT2D eigenvalue weighted by atomic mass is 9.92. The first-order valence-corrected chi connectivity index (χ1v) is 8.02. The molecule has 1 aliphatic rings. The Morgan fingerprint density at radius 3 is 2.92 bits per heavy atom. The van der Waals surface area contributed by atoms with E-state index in [2.05, 4.69) is 10.1 Å². The van der Waals surface area contributed by atoms with Gasteiger partial charge in [0.15, 0.2) is 5.82 Å². The molecule has 1 fully saturated rings. The van der Waals surface area contributed by atoms with Gasteiger partial charge >= 0.3 is 5.97 Å². The van der Waals surface area contributed by atoms with Crippen LogP contribution in [-0.2, 0) is 19.9 Å². The van der Waals surface area contributed by atoms with Crippen LogP contribution in [-0.4, -0.2) is 55.7 Å². The third-order valence-electron chi connectivity index (χ3n) is 4.35. The van der Waals surface area contributed by atoms with Gasteiger partial charge in [0.1, 0.15) is 42.8 Å². The minimum absolute atomic E-state index is 0.188. The second kappa shape index (κ2) is 6.53. The fraction of sp³-hybridized carbons (Fsp3) is 0.500. The molecule has 4 N–H and O–H groups in total. The van der Waals surface area contributed by atoms with E-state index < -0.39 is 29.9 Å². The van der Waals surface area contributed by atoms with Crippen LogP contribution in [0.5, 0.6) is 0 Å². The normalized spacial score (nSPS) is 28.4. The smallest absolute Gasteiger partial charge is 0.308 e. The largest absolute Gasteiger partial charge is 0.463 e. The van der Waals surface area contributed by atoms with Crippen LogP contribution >= 0.6 is 0 Å². The minimum Gasteiger partial charge on any atom is -0.463 e. The highest BCUT2D eigenvalue weighted by molar-refractivity contribution is 5.71. The van der Waals surface area contributed by atoms with Gasteiger partial charge in [-0.3, -0.25) is 4.79 Å². The predicted octanol–water partition coefficient (Wildman–Crippen LogP) is -0.650. The van der Waals surface area contributed by atoms with Gasteiger partial charge < -0.3 is 25.4 Å². The van der Waals surface area contributed by atoms with E-state index in [4.69, 9.17) is 15.2 Å². The zero-order valence-corrected chi connectivity index (χ0v) is 14.2. The third kappa shape index (κ3) is 2.66. The average Bonchev–Trinajstić information content (AvgIpc) is 3.15. The molecular formula is C16H19N5O5. The molecule has 0 radical (unpaired) electrons. The van der Waals surface area contributed by atoms with Gasteiger partial charge in [0.25, 0.3) is 0 Å². The second-order valence-corrected chi connectivity index (χ2v) is 6.38. The van der Waals surface area contributed by atoms with E-state index in [0.717, 1.165) is 0 Å². The topological polar surface area (TPSA) is 156 Å². The van der Waals surface area contributed by atoms with Crippen LogP contribution in [0.1, 0.15) is 19.5 Å². The molecule has 10 nitrogen and oxygen atoms in total. The molecule has 26 heavy (non-hydrogen) atoms. The van der Waals surface area contributed by atoms with Gasteiger partial charge in [-0.05, 0) is 12.1 Å². The summed E-state index contributed by atoms with van der Waals surface area (Å²) in [6, 6.07) is 5.01. The Hall–Kier alpha value is -2.74. The van der Waals surface area contributed by atoms with Crippen molar-refractivity contribution in [2.24, 2.45) is 5.92 Å². The fourth-order valence-electron chi connectivity index (χ4n) is 2.88. The summed E-state index contributed by atoms with van der Waals surface area (Å²) in [7, 11) is 0. The number of anilines is 1. The average molecular weight is 361 g/mol. The molecule has 138 valence electrons. The minimum atomic E-state index is -1.90. The summed E-state index contributed by atoms with van der Waals surface area (Å²) in [5.74, 6) is -0.637. The zero-order chi connectivity index (χ0) is 19.1. The molecule has 0 aliphatic carbocycles. The van der Waals surface area contributed by atoms with Crippen molar-refractivity contribution in [3.8, 4) is 6.07 Å². The van der Waals surface area contributed by atoms with E-state index in [1.165, 1.54) is 16.9 Å². The maximum Gasteiger partial charge on any atom is 0.308 e. The van der Waals surface area contributed by atoms with Gasteiger partial charge in [-0.1, -0.05) is 13.8 Å². The number of rotatable bonds is 4. The Kier molecular flexibility index (Phi) is 4.53. The number of nitrogens with zero attached hydrogens (tertiary/aromatic N) is 4. The molecule has 0 bridgehead atoms. The number of esters is 1. The fourth-order valence-corrected chi connectivity index (χ4v) is 2.88. The Balaban J connectivity index is 1.95. The highest BCUT2D eigenvalue weighted by Crippen LogP contribution is 2.40. The maximum absolute atomic E-state index is 11.6. The van der Waals surface area contributed by atoms with Gasteiger partial charge in [-0.25, -0.2) is 9.50 Å². The summed E-state index contributed by atoms with van der Waals surface area (Å²) in [6.45, 7) is 3.04. The van der Waals surface area contributed by atoms with Gasteiger partial charge in [-0.15, -0.1) is 0 Å². The van der Waals surface area contributed by atoms with Crippen LogP contribution in [0.4, 0.5) is 5.82 Å². The van der Waals surface area contributed by atoms with Crippen LogP contribution < -0.4 is 5.73 Å². The number of nitriles is 1. The quantitative estimate of drug-likeness (QED) is 0.602. The Labute approximate surface area is 148 Å². The van der Waals surface area contributed by atoms with Crippen LogP contribution in [0.15, 0.2) is 18.5 Å². The van der Waals surface area contributed by atoms with Crippen LogP contribution in [0, 0.1) is 17.2 Å². The maximum atomic E-state index is 11.6. The molecule has 2 aromatic heterocycles. The number of carbonyl (C=O) groups excluding carboxylic acids is 1. The van der Waals surface area contributed by atoms with Gasteiger partial charge in [0, 0.05) is 0 Å². The van der Waals surface area contributed by atoms with E-state index in [0.29, 0.717) is 5.52 Å². The summed E-state index contributed by atoms with van der Waals surface area (Å²) in [5, 5.41) is 34.6. The number of hydrogen-bond donors (Lipinski definition) is 3. The molecule has 0 saturated carbocycles. The molecule has 0 amide bonds. The van der Waals surface area contributed by atoms with Gasteiger partial charge in [-0.2, -0.15) is 10.4 Å². The van der Waals surface area contributed by atoms with E-state index >= 15 is 0 Å². The Bertz CT molecular complexity index is 876. The summed E-state index contributed by atoms with van der Waals surface area (Å²) >= 11 is 0. The van der Waals surface area contributed by atoms with Crippen molar-refractivity contribution in [2.45, 2.75) is 37.8 Å². The number of aliphatic hydroxyl groups is 2. The lowest BCUT2D eigenvalue weighted by Crippen LogP contribution is -2.41. The second-order valence-electron chi connectivity index (χ2n) is 6.38. The number of aliphatic hydroxyl groups excluding tert-OH is 2. The number of ether oxygens (including phenoxy) is 2. The van der Waals surface area contributed by atoms with Crippen LogP contribution in [0.2, 0.25) is 0 Å². The summed E-state index contributed by atoms with van der Waals surface area (Å²) in [4.78, 5) is 15.5. The summed E-state index contributed by atoms with van der Waals surface area (Å²) < 4.78 is 12.1. The standard InChI is InChI=1S/C16H19N5O5/c1-8(2)15(24)25-5-10-12(22)13(23)16(6-17,26-10)11-4-3-9-14(18)19-7-20-21(9)11/h3-4,7-8,10,12-13,22-23H,5H2,1-2H3,(H2,18,19,20)/t10-,12-,13-,16+/m1/s1. The van der Waals surface area contributed by atoms with Crippen molar-refractivity contribution in [3.63, 3.8) is 0 Å². The first-order valence-electron chi connectivity index (χ1n) is 8.02. The lowest BCUT2D eigenvalue weighted by Gasteiger charge is -2.24. The Morgan fingerprint density at radius 1 is 1.54 bits per heavy atom. The van der Waals surface area contributed by atoms with E-state index in [1.807, 2.05) is 6.07 Å². The van der Waals surface area contributed by atoms with Crippen molar-refractivity contribution in [1.82, 2.24) is 14.6 Å². The molecule has 3 heterocycles. The molecule has 0 unspecified atom stereocenters. The van der Waals surface area contributed by atoms with Crippen LogP contribution in [0.3, 0.4) is 0 Å².